The van der Waals surface area contributed by atoms with E-state index in [1.54, 1.807) is 20.8 Å². The van der Waals surface area contributed by atoms with Crippen molar-refractivity contribution in [1.29, 1.82) is 0 Å². The van der Waals surface area contributed by atoms with Gasteiger partial charge in [-0.25, -0.2) is 14.4 Å². The number of carbonyl (C=O) groups is 4. The molecule has 2 rings (SSSR count). The quantitative estimate of drug-likeness (QED) is 0.203. The molecule has 0 aromatic heterocycles. The van der Waals surface area contributed by atoms with Gasteiger partial charge in [0.2, 0.25) is 5.91 Å². The first-order valence-electron chi connectivity index (χ1n) is 13.3. The Balaban J connectivity index is 1.76. The Morgan fingerprint density at radius 3 is 1.77 bits per heavy atom. The monoisotopic (exact) mass is 556 g/mol. The van der Waals surface area contributed by atoms with Crippen LogP contribution in [0.15, 0.2) is 60.7 Å². The standard InChI is InChI=1S/C29H40N4O7/c1-29(2,3)40-27(36)32-19-18-30-25(34)24(33-28(37)39-21-23-14-8-5-9-15-23)16-10-11-17-31-26(35)38-20-22-12-6-4-7-13-22/h4-9,12-15,24H,10-11,16-21H2,1-3H3,(H,30,34)(H,31,35)(H,32,36)(H,33,37)/t24-/m0/s1. The van der Waals surface area contributed by atoms with Gasteiger partial charge in [-0.2, -0.15) is 0 Å². The molecule has 0 unspecified atom stereocenters. The molecule has 0 heterocycles. The summed E-state index contributed by atoms with van der Waals surface area (Å²) in [5, 5.41) is 10.6. The molecule has 218 valence electrons. The molecule has 11 heteroatoms. The van der Waals surface area contributed by atoms with Crippen LogP contribution in [0.1, 0.15) is 51.2 Å². The smallest absolute Gasteiger partial charge is 0.408 e. The van der Waals surface area contributed by atoms with Crippen LogP contribution >= 0.6 is 0 Å². The second kappa shape index (κ2) is 17.3. The third-order valence-electron chi connectivity index (χ3n) is 5.32. The van der Waals surface area contributed by atoms with Gasteiger partial charge in [-0.15, -0.1) is 0 Å². The highest BCUT2D eigenvalue weighted by molar-refractivity contribution is 5.85. The van der Waals surface area contributed by atoms with E-state index in [2.05, 4.69) is 21.3 Å². The Labute approximate surface area is 235 Å². The third kappa shape index (κ3) is 14.6. The molecule has 0 aliphatic rings. The molecule has 4 N–H and O–H groups in total. The van der Waals surface area contributed by atoms with Gasteiger partial charge in [0.15, 0.2) is 0 Å². The molecule has 0 aliphatic carbocycles. The fourth-order valence-electron chi connectivity index (χ4n) is 3.40. The molecule has 0 spiro atoms. The average Bonchev–Trinajstić information content (AvgIpc) is 2.92. The zero-order valence-electron chi connectivity index (χ0n) is 23.4. The van der Waals surface area contributed by atoms with Crippen LogP contribution in [0.25, 0.3) is 0 Å². The summed E-state index contributed by atoms with van der Waals surface area (Å²) in [5.41, 5.74) is 1.07. The van der Waals surface area contributed by atoms with E-state index in [9.17, 15) is 19.2 Å². The maximum Gasteiger partial charge on any atom is 0.408 e. The summed E-state index contributed by atoms with van der Waals surface area (Å²) in [5.74, 6) is -0.419. The van der Waals surface area contributed by atoms with Crippen molar-refractivity contribution < 1.29 is 33.4 Å². The van der Waals surface area contributed by atoms with Gasteiger partial charge in [-0.05, 0) is 51.2 Å². The molecule has 0 bridgehead atoms. The van der Waals surface area contributed by atoms with Gasteiger partial charge < -0.3 is 35.5 Å². The van der Waals surface area contributed by atoms with Gasteiger partial charge >= 0.3 is 18.3 Å². The molecular weight excluding hydrogens is 516 g/mol. The zero-order valence-corrected chi connectivity index (χ0v) is 23.4. The number of benzene rings is 2. The van der Waals surface area contributed by atoms with Crippen LogP contribution in [-0.4, -0.2) is 55.5 Å². The van der Waals surface area contributed by atoms with Crippen molar-refractivity contribution in [3.63, 3.8) is 0 Å². The summed E-state index contributed by atoms with van der Waals surface area (Å²) in [6.45, 7) is 6.15. The molecule has 0 aliphatic heterocycles. The van der Waals surface area contributed by atoms with Crippen molar-refractivity contribution in [2.24, 2.45) is 0 Å². The van der Waals surface area contributed by atoms with E-state index in [1.165, 1.54) is 0 Å². The van der Waals surface area contributed by atoms with Crippen LogP contribution in [0.2, 0.25) is 0 Å². The van der Waals surface area contributed by atoms with Crippen molar-refractivity contribution >= 4 is 24.2 Å². The highest BCUT2D eigenvalue weighted by Crippen LogP contribution is 2.07. The summed E-state index contributed by atoms with van der Waals surface area (Å²) < 4.78 is 15.6. The number of rotatable bonds is 14. The number of carbonyl (C=O) groups excluding carboxylic acids is 4. The van der Waals surface area contributed by atoms with Gasteiger partial charge in [0.05, 0.1) is 0 Å². The lowest BCUT2D eigenvalue weighted by Gasteiger charge is -2.20. The van der Waals surface area contributed by atoms with E-state index in [0.29, 0.717) is 25.8 Å². The van der Waals surface area contributed by atoms with E-state index in [1.807, 2.05) is 60.7 Å². The minimum absolute atomic E-state index is 0.0653. The Bertz CT molecular complexity index is 1060. The first kappa shape index (κ1) is 31.9. The topological polar surface area (TPSA) is 144 Å². The fraction of sp³-hybridized carbons (Fsp3) is 0.448. The van der Waals surface area contributed by atoms with Crippen LogP contribution in [0.3, 0.4) is 0 Å². The normalized spacial score (nSPS) is 11.5. The molecular formula is C29H40N4O7. The number of nitrogens with one attached hydrogen (secondary N) is 4. The summed E-state index contributed by atoms with van der Waals surface area (Å²) in [6, 6.07) is 17.7. The highest BCUT2D eigenvalue weighted by atomic mass is 16.6. The number of unbranched alkanes of at least 4 members (excludes halogenated alkanes) is 1. The summed E-state index contributed by atoms with van der Waals surface area (Å²) in [4.78, 5) is 48.9. The van der Waals surface area contributed by atoms with E-state index < -0.39 is 35.8 Å². The Kier molecular flexibility index (Phi) is 13.8. The molecule has 2 aromatic carbocycles. The van der Waals surface area contributed by atoms with Crippen molar-refractivity contribution in [2.45, 2.75) is 64.9 Å². The van der Waals surface area contributed by atoms with E-state index in [0.717, 1.165) is 11.1 Å². The SMILES string of the molecule is CC(C)(C)OC(=O)NCCNC(=O)[C@H](CCCCNC(=O)OCc1ccccc1)NC(=O)OCc1ccccc1. The second-order valence-corrected chi connectivity index (χ2v) is 9.96. The van der Waals surface area contributed by atoms with Gasteiger partial charge in [0.25, 0.3) is 0 Å². The van der Waals surface area contributed by atoms with Gasteiger partial charge in [0, 0.05) is 19.6 Å². The van der Waals surface area contributed by atoms with Crippen LogP contribution < -0.4 is 21.3 Å². The summed E-state index contributed by atoms with van der Waals surface area (Å²) >= 11 is 0. The summed E-state index contributed by atoms with van der Waals surface area (Å²) in [7, 11) is 0. The van der Waals surface area contributed by atoms with Crippen molar-refractivity contribution in [3.05, 3.63) is 71.8 Å². The zero-order chi connectivity index (χ0) is 29.2. The van der Waals surface area contributed by atoms with Gasteiger partial charge in [0.1, 0.15) is 24.9 Å². The highest BCUT2D eigenvalue weighted by Gasteiger charge is 2.21. The predicted molar refractivity (Wildman–Crippen MR) is 149 cm³/mol. The molecule has 0 saturated carbocycles. The van der Waals surface area contributed by atoms with E-state index >= 15 is 0 Å². The van der Waals surface area contributed by atoms with Crippen molar-refractivity contribution in [3.8, 4) is 0 Å². The molecule has 0 radical (unpaired) electrons. The van der Waals surface area contributed by atoms with Crippen LogP contribution in [-0.2, 0) is 32.2 Å². The number of hydrogen-bond donors (Lipinski definition) is 4. The lowest BCUT2D eigenvalue weighted by molar-refractivity contribution is -0.123. The lowest BCUT2D eigenvalue weighted by atomic mass is 10.1. The molecule has 0 saturated heterocycles. The van der Waals surface area contributed by atoms with E-state index in [-0.39, 0.29) is 26.3 Å². The first-order chi connectivity index (χ1) is 19.1. The molecule has 11 nitrogen and oxygen atoms in total. The Morgan fingerprint density at radius 2 is 1.20 bits per heavy atom. The average molecular weight is 557 g/mol. The van der Waals surface area contributed by atoms with E-state index in [4.69, 9.17) is 14.2 Å². The maximum atomic E-state index is 12.8. The molecule has 4 amide bonds. The number of ether oxygens (including phenoxy) is 3. The van der Waals surface area contributed by atoms with Crippen LogP contribution in [0.5, 0.6) is 0 Å². The molecule has 40 heavy (non-hydrogen) atoms. The van der Waals surface area contributed by atoms with Gasteiger partial charge in [-0.1, -0.05) is 60.7 Å². The minimum atomic E-state index is -0.866. The summed E-state index contributed by atoms with van der Waals surface area (Å²) in [6.07, 6.45) is -0.434. The molecule has 0 fully saturated rings. The molecule has 1 atom stereocenters. The fourth-order valence-corrected chi connectivity index (χ4v) is 3.40. The van der Waals surface area contributed by atoms with Crippen molar-refractivity contribution in [1.82, 2.24) is 21.3 Å². The number of hydrogen-bond acceptors (Lipinski definition) is 7. The molecule has 2 aromatic rings. The van der Waals surface area contributed by atoms with Crippen LogP contribution in [0.4, 0.5) is 14.4 Å². The second-order valence-electron chi connectivity index (χ2n) is 9.96. The first-order valence-corrected chi connectivity index (χ1v) is 13.3. The maximum absolute atomic E-state index is 12.8. The number of amides is 4. The van der Waals surface area contributed by atoms with Crippen molar-refractivity contribution in [2.75, 3.05) is 19.6 Å². The largest absolute Gasteiger partial charge is 0.445 e. The number of alkyl carbamates (subject to hydrolysis) is 3. The predicted octanol–water partition coefficient (Wildman–Crippen LogP) is 4.02. The Hall–Kier alpha value is -4.28. The lowest BCUT2D eigenvalue weighted by Crippen LogP contribution is -2.48. The van der Waals surface area contributed by atoms with Gasteiger partial charge in [-0.3, -0.25) is 4.79 Å². The minimum Gasteiger partial charge on any atom is -0.445 e. The third-order valence-corrected chi connectivity index (χ3v) is 5.32. The van der Waals surface area contributed by atoms with Crippen LogP contribution in [0, 0.1) is 0 Å². The Morgan fingerprint density at radius 1 is 0.675 bits per heavy atom.